The maximum Gasteiger partial charge on any atom is 0.0236 e. The molecule has 0 atom stereocenters. The molecular weight excluding hydrogens is 230 g/mol. The third-order valence-electron chi connectivity index (χ3n) is 4.37. The van der Waals surface area contributed by atoms with Crippen LogP contribution in [-0.4, -0.2) is 17.5 Å². The molecule has 0 saturated heterocycles. The van der Waals surface area contributed by atoms with Gasteiger partial charge in [-0.2, -0.15) is 0 Å². The van der Waals surface area contributed by atoms with Crippen molar-refractivity contribution in [2.45, 2.75) is 70.9 Å². The van der Waals surface area contributed by atoms with Gasteiger partial charge in [-0.1, -0.05) is 69.4 Å². The molecule has 1 heteroatoms. The number of benzene rings is 1. The summed E-state index contributed by atoms with van der Waals surface area (Å²) in [6, 6.07) is 11.8. The Kier molecular flexibility index (Phi) is 6.43. The van der Waals surface area contributed by atoms with Crippen LogP contribution >= 0.6 is 0 Å². The third kappa shape index (κ3) is 4.99. The molecule has 106 valence electrons. The van der Waals surface area contributed by atoms with Crippen LogP contribution in [0.25, 0.3) is 0 Å². The van der Waals surface area contributed by atoms with Crippen molar-refractivity contribution in [3.63, 3.8) is 0 Å². The molecule has 1 nitrogen and oxygen atoms in total. The Morgan fingerprint density at radius 3 is 2.42 bits per heavy atom. The Labute approximate surface area is 119 Å². The molecule has 1 aromatic rings. The summed E-state index contributed by atoms with van der Waals surface area (Å²) in [4.78, 5) is 2.75. The molecular formula is C18H29N. The fraction of sp³-hybridized carbons (Fsp3) is 0.667. The predicted octanol–water partition coefficient (Wildman–Crippen LogP) is 5.01. The Morgan fingerprint density at radius 1 is 1.00 bits per heavy atom. The summed E-state index contributed by atoms with van der Waals surface area (Å²) in [5, 5.41) is 0. The molecule has 0 amide bonds. The van der Waals surface area contributed by atoms with E-state index in [-0.39, 0.29) is 0 Å². The van der Waals surface area contributed by atoms with E-state index in [1.54, 1.807) is 0 Å². The summed E-state index contributed by atoms with van der Waals surface area (Å²) in [7, 11) is 0. The van der Waals surface area contributed by atoms with Gasteiger partial charge in [0, 0.05) is 12.6 Å². The Balaban J connectivity index is 1.92. The summed E-state index contributed by atoms with van der Waals surface area (Å²) in [5.74, 6) is 0. The highest BCUT2D eigenvalue weighted by molar-refractivity contribution is 5.14. The average molecular weight is 259 g/mol. The largest absolute Gasteiger partial charge is 0.296 e. The Morgan fingerprint density at radius 2 is 1.74 bits per heavy atom. The van der Waals surface area contributed by atoms with E-state index in [2.05, 4.69) is 42.2 Å². The van der Waals surface area contributed by atoms with E-state index in [1.165, 1.54) is 63.5 Å². The van der Waals surface area contributed by atoms with Gasteiger partial charge in [-0.3, -0.25) is 4.90 Å². The molecule has 0 unspecified atom stereocenters. The molecule has 0 spiro atoms. The summed E-state index contributed by atoms with van der Waals surface area (Å²) in [6.45, 7) is 4.73. The van der Waals surface area contributed by atoms with Crippen LogP contribution in [0.3, 0.4) is 0 Å². The van der Waals surface area contributed by atoms with E-state index in [0.29, 0.717) is 0 Å². The van der Waals surface area contributed by atoms with Gasteiger partial charge < -0.3 is 0 Å². The lowest BCUT2D eigenvalue weighted by molar-refractivity contribution is 0.145. The highest BCUT2D eigenvalue weighted by Crippen LogP contribution is 2.24. The number of rotatable bonds is 7. The van der Waals surface area contributed by atoms with Crippen molar-refractivity contribution in [1.29, 1.82) is 0 Å². The van der Waals surface area contributed by atoms with E-state index in [1.807, 2.05) is 0 Å². The van der Waals surface area contributed by atoms with Gasteiger partial charge >= 0.3 is 0 Å². The average Bonchev–Trinajstić information content (AvgIpc) is 2.48. The van der Waals surface area contributed by atoms with Crippen molar-refractivity contribution in [3.05, 3.63) is 35.9 Å². The maximum absolute atomic E-state index is 2.75. The lowest BCUT2D eigenvalue weighted by Crippen LogP contribution is -2.37. The molecule has 1 aliphatic rings. The third-order valence-corrected chi connectivity index (χ3v) is 4.37. The zero-order valence-corrected chi connectivity index (χ0v) is 12.5. The van der Waals surface area contributed by atoms with Crippen LogP contribution in [0.2, 0.25) is 0 Å². The van der Waals surface area contributed by atoms with Crippen LogP contribution in [0, 0.1) is 0 Å². The van der Waals surface area contributed by atoms with Crippen molar-refractivity contribution in [2.75, 3.05) is 6.54 Å². The zero-order chi connectivity index (χ0) is 13.3. The van der Waals surface area contributed by atoms with Gasteiger partial charge in [0.1, 0.15) is 0 Å². The first-order valence-corrected chi connectivity index (χ1v) is 8.18. The predicted molar refractivity (Wildman–Crippen MR) is 83.3 cm³/mol. The summed E-state index contributed by atoms with van der Waals surface area (Å²) in [5.41, 5.74) is 1.48. The van der Waals surface area contributed by atoms with E-state index >= 15 is 0 Å². The molecule has 2 rings (SSSR count). The molecule has 0 aromatic heterocycles. The summed E-state index contributed by atoms with van der Waals surface area (Å²) in [6.07, 6.45) is 11.2. The molecule has 0 aliphatic heterocycles. The first kappa shape index (κ1) is 14.6. The van der Waals surface area contributed by atoms with Crippen LogP contribution in [0.4, 0.5) is 0 Å². The Hall–Kier alpha value is -0.820. The second-order valence-corrected chi connectivity index (χ2v) is 5.96. The first-order chi connectivity index (χ1) is 9.40. The van der Waals surface area contributed by atoms with E-state index < -0.39 is 0 Å². The van der Waals surface area contributed by atoms with Gasteiger partial charge in [-0.25, -0.2) is 0 Å². The van der Waals surface area contributed by atoms with Crippen molar-refractivity contribution in [2.24, 2.45) is 0 Å². The zero-order valence-electron chi connectivity index (χ0n) is 12.5. The molecule has 0 heterocycles. The van der Waals surface area contributed by atoms with Gasteiger partial charge in [0.15, 0.2) is 0 Å². The number of nitrogens with zero attached hydrogens (tertiary/aromatic N) is 1. The molecule has 0 N–H and O–H groups in total. The summed E-state index contributed by atoms with van der Waals surface area (Å²) < 4.78 is 0. The van der Waals surface area contributed by atoms with E-state index in [4.69, 9.17) is 0 Å². The van der Waals surface area contributed by atoms with E-state index in [9.17, 15) is 0 Å². The number of hydrogen-bond donors (Lipinski definition) is 0. The highest BCUT2D eigenvalue weighted by Gasteiger charge is 2.20. The molecule has 1 fully saturated rings. The van der Waals surface area contributed by atoms with E-state index in [0.717, 1.165) is 12.6 Å². The minimum atomic E-state index is 0.839. The molecule has 1 aliphatic carbocycles. The molecule has 1 saturated carbocycles. The van der Waals surface area contributed by atoms with Crippen molar-refractivity contribution in [1.82, 2.24) is 4.90 Å². The monoisotopic (exact) mass is 259 g/mol. The van der Waals surface area contributed by atoms with Crippen molar-refractivity contribution >= 4 is 0 Å². The molecule has 0 bridgehead atoms. The highest BCUT2D eigenvalue weighted by atomic mass is 15.1. The van der Waals surface area contributed by atoms with Crippen LogP contribution < -0.4 is 0 Å². The molecule has 0 radical (unpaired) electrons. The minimum absolute atomic E-state index is 0.839. The van der Waals surface area contributed by atoms with Crippen LogP contribution in [0.5, 0.6) is 0 Å². The van der Waals surface area contributed by atoms with Gasteiger partial charge in [-0.05, 0) is 31.4 Å². The van der Waals surface area contributed by atoms with Gasteiger partial charge in [0.05, 0.1) is 0 Å². The SMILES string of the molecule is CCCCCN(Cc1ccccc1)C1CCCCC1. The fourth-order valence-electron chi connectivity index (χ4n) is 3.22. The standard InChI is InChI=1S/C18H29N/c1-2-3-10-15-19(18-13-8-5-9-14-18)16-17-11-6-4-7-12-17/h4,6-7,11-12,18H,2-3,5,8-10,13-16H2,1H3. The lowest BCUT2D eigenvalue weighted by Gasteiger charge is -2.34. The van der Waals surface area contributed by atoms with Crippen LogP contribution in [-0.2, 0) is 6.54 Å². The van der Waals surface area contributed by atoms with Gasteiger partial charge in [-0.15, -0.1) is 0 Å². The van der Waals surface area contributed by atoms with Gasteiger partial charge in [0.2, 0.25) is 0 Å². The summed E-state index contributed by atoms with van der Waals surface area (Å²) >= 11 is 0. The first-order valence-electron chi connectivity index (χ1n) is 8.18. The van der Waals surface area contributed by atoms with Gasteiger partial charge in [0.25, 0.3) is 0 Å². The molecule has 1 aromatic carbocycles. The second kappa shape index (κ2) is 8.37. The molecule has 19 heavy (non-hydrogen) atoms. The van der Waals surface area contributed by atoms with Crippen LogP contribution in [0.1, 0.15) is 63.9 Å². The second-order valence-electron chi connectivity index (χ2n) is 5.96. The maximum atomic E-state index is 2.75. The topological polar surface area (TPSA) is 3.24 Å². The fourth-order valence-corrected chi connectivity index (χ4v) is 3.22. The number of hydrogen-bond acceptors (Lipinski definition) is 1. The quantitative estimate of drug-likeness (QED) is 0.622. The van der Waals surface area contributed by atoms with Crippen molar-refractivity contribution in [3.8, 4) is 0 Å². The smallest absolute Gasteiger partial charge is 0.0236 e. The lowest BCUT2D eigenvalue weighted by atomic mass is 9.93. The Bertz CT molecular complexity index is 327. The normalized spacial score (nSPS) is 16.9. The number of unbranched alkanes of at least 4 members (excludes halogenated alkanes) is 2. The minimum Gasteiger partial charge on any atom is -0.296 e. The van der Waals surface area contributed by atoms with Crippen LogP contribution in [0.15, 0.2) is 30.3 Å². The van der Waals surface area contributed by atoms with Crippen molar-refractivity contribution < 1.29 is 0 Å².